The van der Waals surface area contributed by atoms with E-state index in [2.05, 4.69) is 31.3 Å². The topological polar surface area (TPSA) is 12.0 Å². The molecule has 0 atom stereocenters. The van der Waals surface area contributed by atoms with Gasteiger partial charge in [0.1, 0.15) is 5.82 Å². The molecule has 0 aromatic heterocycles. The number of halogens is 1. The standard InChI is InChI=1S/C16H18FN/c1-12(2)18-11-13-4-3-5-15(10-13)14-6-8-16(17)9-7-14/h3-10,12,18H,11H2,1-2H3. The fraction of sp³-hybridized carbons (Fsp3) is 0.250. The molecule has 1 nitrogen and oxygen atoms in total. The van der Waals surface area contributed by atoms with Gasteiger partial charge in [-0.3, -0.25) is 0 Å². The molecule has 18 heavy (non-hydrogen) atoms. The second-order valence-corrected chi connectivity index (χ2v) is 4.74. The van der Waals surface area contributed by atoms with Gasteiger partial charge in [-0.2, -0.15) is 0 Å². The molecule has 2 heteroatoms. The van der Waals surface area contributed by atoms with E-state index in [4.69, 9.17) is 0 Å². The minimum Gasteiger partial charge on any atom is -0.310 e. The molecule has 0 saturated carbocycles. The van der Waals surface area contributed by atoms with Crippen molar-refractivity contribution >= 4 is 0 Å². The number of nitrogens with one attached hydrogen (secondary N) is 1. The Kier molecular flexibility index (Phi) is 4.11. The van der Waals surface area contributed by atoms with E-state index in [9.17, 15) is 4.39 Å². The molecule has 1 N–H and O–H groups in total. The Morgan fingerprint density at radius 3 is 2.39 bits per heavy atom. The maximum atomic E-state index is 12.9. The van der Waals surface area contributed by atoms with Crippen molar-refractivity contribution in [1.29, 1.82) is 0 Å². The molecule has 0 aliphatic carbocycles. The lowest BCUT2D eigenvalue weighted by molar-refractivity contribution is 0.589. The SMILES string of the molecule is CC(C)NCc1cccc(-c2ccc(F)cc2)c1. The van der Waals surface area contributed by atoms with Gasteiger partial charge in [-0.25, -0.2) is 4.39 Å². The summed E-state index contributed by atoms with van der Waals surface area (Å²) in [5.41, 5.74) is 3.41. The number of benzene rings is 2. The molecule has 0 bridgehead atoms. The van der Waals surface area contributed by atoms with Crippen molar-refractivity contribution < 1.29 is 4.39 Å². The van der Waals surface area contributed by atoms with Crippen molar-refractivity contribution in [2.75, 3.05) is 0 Å². The molecule has 94 valence electrons. The molecular formula is C16H18FN. The molecule has 0 fully saturated rings. The normalized spacial score (nSPS) is 10.9. The van der Waals surface area contributed by atoms with Crippen LogP contribution in [-0.2, 0) is 6.54 Å². The average Bonchev–Trinajstić information content (AvgIpc) is 2.37. The monoisotopic (exact) mass is 243 g/mol. The molecule has 0 heterocycles. The van der Waals surface area contributed by atoms with Crippen molar-refractivity contribution in [3.63, 3.8) is 0 Å². The Balaban J connectivity index is 2.18. The Labute approximate surface area is 108 Å². The molecule has 0 aliphatic heterocycles. The summed E-state index contributed by atoms with van der Waals surface area (Å²) in [7, 11) is 0. The summed E-state index contributed by atoms with van der Waals surface area (Å²) < 4.78 is 12.9. The molecule has 0 spiro atoms. The van der Waals surface area contributed by atoms with Gasteiger partial charge in [0, 0.05) is 12.6 Å². The molecule has 2 rings (SSSR count). The van der Waals surface area contributed by atoms with E-state index in [0.717, 1.165) is 17.7 Å². The molecule has 0 saturated heterocycles. The fourth-order valence-electron chi connectivity index (χ4n) is 1.83. The predicted octanol–water partition coefficient (Wildman–Crippen LogP) is 3.99. The fourth-order valence-corrected chi connectivity index (χ4v) is 1.83. The van der Waals surface area contributed by atoms with Crippen molar-refractivity contribution in [1.82, 2.24) is 5.32 Å². The summed E-state index contributed by atoms with van der Waals surface area (Å²) in [6.07, 6.45) is 0. The van der Waals surface area contributed by atoms with Gasteiger partial charge in [0.2, 0.25) is 0 Å². The third-order valence-corrected chi connectivity index (χ3v) is 2.82. The largest absolute Gasteiger partial charge is 0.310 e. The lowest BCUT2D eigenvalue weighted by Crippen LogP contribution is -2.21. The molecular weight excluding hydrogens is 225 g/mol. The highest BCUT2D eigenvalue weighted by atomic mass is 19.1. The first-order valence-electron chi connectivity index (χ1n) is 6.23. The zero-order valence-corrected chi connectivity index (χ0v) is 10.8. The van der Waals surface area contributed by atoms with Crippen molar-refractivity contribution in [2.45, 2.75) is 26.4 Å². The summed E-state index contributed by atoms with van der Waals surface area (Å²) in [5.74, 6) is -0.198. The van der Waals surface area contributed by atoms with Crippen LogP contribution in [0.25, 0.3) is 11.1 Å². The van der Waals surface area contributed by atoms with Gasteiger partial charge in [0.05, 0.1) is 0 Å². The van der Waals surface area contributed by atoms with Gasteiger partial charge in [0.25, 0.3) is 0 Å². The van der Waals surface area contributed by atoms with Crippen LogP contribution in [0.3, 0.4) is 0 Å². The second-order valence-electron chi connectivity index (χ2n) is 4.74. The van der Waals surface area contributed by atoms with E-state index in [0.29, 0.717) is 6.04 Å². The van der Waals surface area contributed by atoms with Crippen LogP contribution in [0.15, 0.2) is 48.5 Å². The second kappa shape index (κ2) is 5.78. The van der Waals surface area contributed by atoms with E-state index in [1.807, 2.05) is 24.3 Å². The predicted molar refractivity (Wildman–Crippen MR) is 73.8 cm³/mol. The first kappa shape index (κ1) is 12.8. The quantitative estimate of drug-likeness (QED) is 0.856. The van der Waals surface area contributed by atoms with Crippen LogP contribution >= 0.6 is 0 Å². The van der Waals surface area contributed by atoms with Gasteiger partial charge in [0.15, 0.2) is 0 Å². The van der Waals surface area contributed by atoms with E-state index >= 15 is 0 Å². The molecule has 0 amide bonds. The summed E-state index contributed by atoms with van der Waals surface area (Å²) in [6, 6.07) is 15.4. The summed E-state index contributed by atoms with van der Waals surface area (Å²) in [5, 5.41) is 3.39. The van der Waals surface area contributed by atoms with Gasteiger partial charge in [-0.15, -0.1) is 0 Å². The van der Waals surface area contributed by atoms with Gasteiger partial charge < -0.3 is 5.32 Å². The number of hydrogen-bond acceptors (Lipinski definition) is 1. The molecule has 2 aromatic rings. The maximum Gasteiger partial charge on any atom is 0.123 e. The van der Waals surface area contributed by atoms with Crippen LogP contribution < -0.4 is 5.32 Å². The zero-order valence-electron chi connectivity index (χ0n) is 10.8. The highest BCUT2D eigenvalue weighted by Gasteiger charge is 2.00. The Morgan fingerprint density at radius 2 is 1.72 bits per heavy atom. The Morgan fingerprint density at radius 1 is 1.00 bits per heavy atom. The summed E-state index contributed by atoms with van der Waals surface area (Å²) in [4.78, 5) is 0. The summed E-state index contributed by atoms with van der Waals surface area (Å²) in [6.45, 7) is 5.11. The highest BCUT2D eigenvalue weighted by Crippen LogP contribution is 2.20. The van der Waals surface area contributed by atoms with Crippen LogP contribution in [0.5, 0.6) is 0 Å². The minimum atomic E-state index is -0.198. The Hall–Kier alpha value is -1.67. The maximum absolute atomic E-state index is 12.9. The Bertz CT molecular complexity index is 503. The average molecular weight is 243 g/mol. The zero-order chi connectivity index (χ0) is 13.0. The molecule has 0 unspecified atom stereocenters. The van der Waals surface area contributed by atoms with Gasteiger partial charge in [-0.1, -0.05) is 44.2 Å². The lowest BCUT2D eigenvalue weighted by Gasteiger charge is -2.09. The molecule has 2 aromatic carbocycles. The number of hydrogen-bond donors (Lipinski definition) is 1. The van der Waals surface area contributed by atoms with Crippen molar-refractivity contribution in [3.05, 3.63) is 59.9 Å². The number of rotatable bonds is 4. The van der Waals surface area contributed by atoms with Crippen LogP contribution in [0.4, 0.5) is 4.39 Å². The summed E-state index contributed by atoms with van der Waals surface area (Å²) >= 11 is 0. The highest BCUT2D eigenvalue weighted by molar-refractivity contribution is 5.64. The lowest BCUT2D eigenvalue weighted by atomic mass is 10.0. The van der Waals surface area contributed by atoms with Crippen molar-refractivity contribution in [3.8, 4) is 11.1 Å². The smallest absolute Gasteiger partial charge is 0.123 e. The van der Waals surface area contributed by atoms with Crippen LogP contribution in [0.2, 0.25) is 0 Å². The third kappa shape index (κ3) is 3.41. The first-order chi connectivity index (χ1) is 8.65. The van der Waals surface area contributed by atoms with E-state index < -0.39 is 0 Å². The molecule has 0 radical (unpaired) electrons. The minimum absolute atomic E-state index is 0.198. The van der Waals surface area contributed by atoms with Crippen molar-refractivity contribution in [2.24, 2.45) is 0 Å². The van der Waals surface area contributed by atoms with Gasteiger partial charge >= 0.3 is 0 Å². The first-order valence-corrected chi connectivity index (χ1v) is 6.23. The van der Waals surface area contributed by atoms with Crippen LogP contribution in [0, 0.1) is 5.82 Å². The van der Waals surface area contributed by atoms with Crippen LogP contribution in [0.1, 0.15) is 19.4 Å². The van der Waals surface area contributed by atoms with E-state index in [1.54, 1.807) is 0 Å². The van der Waals surface area contributed by atoms with Crippen LogP contribution in [-0.4, -0.2) is 6.04 Å². The van der Waals surface area contributed by atoms with E-state index in [1.165, 1.54) is 17.7 Å². The third-order valence-electron chi connectivity index (χ3n) is 2.82. The van der Waals surface area contributed by atoms with Gasteiger partial charge in [-0.05, 0) is 34.9 Å². The molecule has 0 aliphatic rings. The van der Waals surface area contributed by atoms with E-state index in [-0.39, 0.29) is 5.82 Å².